The van der Waals surface area contributed by atoms with Crippen LogP contribution in [0.3, 0.4) is 0 Å². The summed E-state index contributed by atoms with van der Waals surface area (Å²) < 4.78 is 5.20. The van der Waals surface area contributed by atoms with E-state index in [0.29, 0.717) is 12.0 Å². The summed E-state index contributed by atoms with van der Waals surface area (Å²) in [5, 5.41) is 8.95. The van der Waals surface area contributed by atoms with Crippen LogP contribution in [0.2, 0.25) is 10.0 Å². The van der Waals surface area contributed by atoms with E-state index >= 15 is 0 Å². The first-order valence-electron chi connectivity index (χ1n) is 7.62. The first-order valence-corrected chi connectivity index (χ1v) is 8.37. The highest BCUT2D eigenvalue weighted by Crippen LogP contribution is 2.49. The van der Waals surface area contributed by atoms with Gasteiger partial charge in [-0.1, -0.05) is 41.4 Å². The van der Waals surface area contributed by atoms with Gasteiger partial charge in [0.25, 0.3) is 0 Å². The van der Waals surface area contributed by atoms with E-state index in [9.17, 15) is 9.59 Å². The number of benzene rings is 1. The normalized spacial score (nSPS) is 22.3. The highest BCUT2D eigenvalue weighted by atomic mass is 35.5. The minimum atomic E-state index is -1.11. The third-order valence-electron chi connectivity index (χ3n) is 4.51. The number of fused-ring (bicyclic) bond motifs is 1. The predicted molar refractivity (Wildman–Crippen MR) is 92.2 cm³/mol. The number of ketones is 1. The minimum absolute atomic E-state index is 0.0630. The molecule has 0 radical (unpaired) electrons. The quantitative estimate of drug-likeness (QED) is 0.852. The zero-order valence-electron chi connectivity index (χ0n) is 13.1. The Morgan fingerprint density at radius 1 is 1.33 bits per heavy atom. The summed E-state index contributed by atoms with van der Waals surface area (Å²) in [6.45, 7) is 1.38. The smallest absolute Gasteiger partial charge is 0.341 e. The lowest BCUT2D eigenvalue weighted by Crippen LogP contribution is -2.26. The Balaban J connectivity index is 2.02. The summed E-state index contributed by atoms with van der Waals surface area (Å²) in [5.41, 5.74) is 1.44. The number of hydrogen-bond donors (Lipinski definition) is 1. The SMILES string of the molecule is CC1(C2=CCCC=C2)Cc2cc(OCC(=O)O)c(Cl)c(Cl)c2C1=O. The highest BCUT2D eigenvalue weighted by Gasteiger charge is 2.45. The predicted octanol–water partition coefficient (Wildman–Crippen LogP) is 4.48. The molecule has 0 fully saturated rings. The number of rotatable bonds is 4. The first kappa shape index (κ1) is 17.1. The van der Waals surface area contributed by atoms with Gasteiger partial charge in [0.15, 0.2) is 12.4 Å². The van der Waals surface area contributed by atoms with Crippen molar-refractivity contribution in [3.63, 3.8) is 0 Å². The molecule has 6 heteroatoms. The van der Waals surface area contributed by atoms with Crippen molar-refractivity contribution >= 4 is 35.0 Å². The molecule has 2 aliphatic rings. The van der Waals surface area contributed by atoms with Gasteiger partial charge in [0, 0.05) is 5.56 Å². The van der Waals surface area contributed by atoms with Gasteiger partial charge in [-0.25, -0.2) is 4.79 Å². The molecule has 0 saturated carbocycles. The Kier molecular flexibility index (Phi) is 4.45. The summed E-state index contributed by atoms with van der Waals surface area (Å²) in [4.78, 5) is 23.7. The van der Waals surface area contributed by atoms with E-state index in [1.54, 1.807) is 6.07 Å². The molecule has 1 unspecified atom stereocenters. The number of carbonyl (C=O) groups excluding carboxylic acids is 1. The summed E-state index contributed by atoms with van der Waals surface area (Å²) in [6.07, 6.45) is 8.50. The van der Waals surface area contributed by atoms with Crippen LogP contribution in [0.4, 0.5) is 0 Å². The number of Topliss-reactive ketones (excluding diaryl/α,β-unsaturated/α-hetero) is 1. The second kappa shape index (κ2) is 6.26. The van der Waals surface area contributed by atoms with Gasteiger partial charge in [-0.15, -0.1) is 0 Å². The Morgan fingerprint density at radius 3 is 2.71 bits per heavy atom. The van der Waals surface area contributed by atoms with Crippen molar-refractivity contribution in [2.45, 2.75) is 26.2 Å². The number of ether oxygens (including phenoxy) is 1. The largest absolute Gasteiger partial charge is 0.480 e. The van der Waals surface area contributed by atoms with Crippen LogP contribution < -0.4 is 4.74 Å². The number of allylic oxidation sites excluding steroid dienone is 4. The van der Waals surface area contributed by atoms with Crippen molar-refractivity contribution in [1.82, 2.24) is 0 Å². The van der Waals surface area contributed by atoms with Gasteiger partial charge < -0.3 is 9.84 Å². The second-order valence-corrected chi connectivity index (χ2v) is 6.95. The van der Waals surface area contributed by atoms with Crippen molar-refractivity contribution in [2.75, 3.05) is 6.61 Å². The Morgan fingerprint density at radius 2 is 2.08 bits per heavy atom. The van der Waals surface area contributed by atoms with Gasteiger partial charge in [-0.2, -0.15) is 0 Å². The maximum atomic E-state index is 13.0. The molecule has 24 heavy (non-hydrogen) atoms. The molecule has 1 aromatic rings. The molecule has 0 saturated heterocycles. The molecular weight excluding hydrogens is 351 g/mol. The van der Waals surface area contributed by atoms with Crippen LogP contribution in [-0.2, 0) is 11.2 Å². The molecule has 0 heterocycles. The van der Waals surface area contributed by atoms with Crippen molar-refractivity contribution in [1.29, 1.82) is 0 Å². The molecule has 1 aromatic carbocycles. The van der Waals surface area contributed by atoms with E-state index in [2.05, 4.69) is 12.2 Å². The molecule has 0 bridgehead atoms. The number of carboxylic acid groups (broad SMARTS) is 1. The summed E-state index contributed by atoms with van der Waals surface area (Å²) in [7, 11) is 0. The maximum absolute atomic E-state index is 13.0. The summed E-state index contributed by atoms with van der Waals surface area (Å²) >= 11 is 12.5. The Bertz CT molecular complexity index is 795. The Labute approximate surface area is 149 Å². The average Bonchev–Trinajstić information content (AvgIpc) is 2.82. The van der Waals surface area contributed by atoms with Crippen LogP contribution in [0.5, 0.6) is 5.75 Å². The molecule has 0 aromatic heterocycles. The van der Waals surface area contributed by atoms with Gasteiger partial charge in [0.2, 0.25) is 0 Å². The minimum Gasteiger partial charge on any atom is -0.480 e. The van der Waals surface area contributed by atoms with Crippen molar-refractivity contribution < 1.29 is 19.4 Å². The fraction of sp³-hybridized carbons (Fsp3) is 0.333. The van der Waals surface area contributed by atoms with Crippen LogP contribution in [0, 0.1) is 5.41 Å². The van der Waals surface area contributed by atoms with Gasteiger partial charge in [0.05, 0.1) is 10.4 Å². The van der Waals surface area contributed by atoms with E-state index in [1.165, 1.54) is 0 Å². The zero-order chi connectivity index (χ0) is 17.5. The molecular formula is C18H16Cl2O4. The van der Waals surface area contributed by atoms with Crippen LogP contribution in [0.1, 0.15) is 35.7 Å². The van der Waals surface area contributed by atoms with E-state index in [1.807, 2.05) is 13.0 Å². The zero-order valence-corrected chi connectivity index (χ0v) is 14.6. The number of halogens is 2. The van der Waals surface area contributed by atoms with E-state index < -0.39 is 18.0 Å². The van der Waals surface area contributed by atoms with E-state index in [4.69, 9.17) is 33.0 Å². The Hall–Kier alpha value is -1.78. The molecule has 1 N–H and O–H groups in total. The second-order valence-electron chi connectivity index (χ2n) is 6.20. The monoisotopic (exact) mass is 366 g/mol. The molecule has 2 aliphatic carbocycles. The van der Waals surface area contributed by atoms with Crippen LogP contribution in [-0.4, -0.2) is 23.5 Å². The topological polar surface area (TPSA) is 63.6 Å². The van der Waals surface area contributed by atoms with E-state index in [0.717, 1.165) is 24.0 Å². The van der Waals surface area contributed by atoms with Crippen LogP contribution in [0.15, 0.2) is 29.9 Å². The lowest BCUT2D eigenvalue weighted by atomic mass is 9.76. The van der Waals surface area contributed by atoms with Crippen molar-refractivity contribution in [3.8, 4) is 5.75 Å². The maximum Gasteiger partial charge on any atom is 0.341 e. The van der Waals surface area contributed by atoms with Gasteiger partial charge in [-0.05, 0) is 43.4 Å². The number of hydrogen-bond acceptors (Lipinski definition) is 3. The summed E-state index contributed by atoms with van der Waals surface area (Å²) in [5.74, 6) is -0.985. The van der Waals surface area contributed by atoms with Crippen LogP contribution in [0.25, 0.3) is 0 Å². The lowest BCUT2D eigenvalue weighted by Gasteiger charge is -2.25. The third kappa shape index (κ3) is 2.74. The molecule has 0 spiro atoms. The highest BCUT2D eigenvalue weighted by molar-refractivity contribution is 6.45. The lowest BCUT2D eigenvalue weighted by molar-refractivity contribution is -0.139. The van der Waals surface area contributed by atoms with Gasteiger partial charge in [-0.3, -0.25) is 4.79 Å². The van der Waals surface area contributed by atoms with Gasteiger partial charge >= 0.3 is 5.97 Å². The molecule has 0 aliphatic heterocycles. The number of aliphatic carboxylic acids is 1. The fourth-order valence-electron chi connectivity index (χ4n) is 3.27. The third-order valence-corrected chi connectivity index (χ3v) is 5.36. The molecule has 126 valence electrons. The first-order chi connectivity index (χ1) is 11.3. The molecule has 4 nitrogen and oxygen atoms in total. The van der Waals surface area contributed by atoms with Gasteiger partial charge in [0.1, 0.15) is 10.8 Å². The average molecular weight is 367 g/mol. The standard InChI is InChI=1S/C18H16Cl2O4/c1-18(11-5-3-2-4-6-11)8-10-7-12(24-9-13(21)22)15(19)16(20)14(10)17(18)23/h3,5-7H,2,4,8-9H2,1H3,(H,21,22). The van der Waals surface area contributed by atoms with Crippen molar-refractivity contribution in [2.24, 2.45) is 5.41 Å². The number of carbonyl (C=O) groups is 2. The fourth-order valence-corrected chi connectivity index (χ4v) is 3.78. The molecule has 0 amide bonds. The number of carboxylic acids is 1. The molecule has 3 rings (SSSR count). The van der Waals surface area contributed by atoms with Crippen LogP contribution >= 0.6 is 23.2 Å². The molecule has 1 atom stereocenters. The van der Waals surface area contributed by atoms with Crippen molar-refractivity contribution in [3.05, 3.63) is 51.0 Å². The summed E-state index contributed by atoms with van der Waals surface area (Å²) in [6, 6.07) is 1.63. The van der Waals surface area contributed by atoms with E-state index in [-0.39, 0.29) is 21.6 Å².